The lowest BCUT2D eigenvalue weighted by molar-refractivity contribution is 0.307. The first-order chi connectivity index (χ1) is 3.80. The summed E-state index contributed by atoms with van der Waals surface area (Å²) in [5.41, 5.74) is 0. The highest BCUT2D eigenvalue weighted by molar-refractivity contribution is 6.19. The second-order valence-corrected chi connectivity index (χ2v) is 3.06. The molecule has 3 aliphatic rings. The van der Waals surface area contributed by atoms with Crippen LogP contribution in [-0.2, 0) is 0 Å². The van der Waals surface area contributed by atoms with Gasteiger partial charge in [-0.25, -0.2) is 0 Å². The molecule has 3 saturated carbocycles. The molecule has 0 unspecified atom stereocenters. The van der Waals surface area contributed by atoms with Crippen LogP contribution in [0.15, 0.2) is 0 Å². The number of rotatable bonds is 0. The van der Waals surface area contributed by atoms with Crippen molar-refractivity contribution in [2.24, 2.45) is 11.8 Å². The molecule has 3 fully saturated rings. The molecule has 3 aliphatic carbocycles. The summed E-state index contributed by atoms with van der Waals surface area (Å²) in [6.07, 6.45) is 2.57. The van der Waals surface area contributed by atoms with Crippen molar-refractivity contribution < 1.29 is 0 Å². The molecule has 0 nitrogen and oxygen atoms in total. The molecule has 4 radical (unpaired) electrons. The summed E-state index contributed by atoms with van der Waals surface area (Å²) in [6, 6.07) is 0. The van der Waals surface area contributed by atoms with Gasteiger partial charge in [0, 0.05) is 0 Å². The van der Waals surface area contributed by atoms with Gasteiger partial charge in [-0.2, -0.15) is 0 Å². The van der Waals surface area contributed by atoms with E-state index in [2.05, 4.69) is 0 Å². The third-order valence-electron chi connectivity index (χ3n) is 2.81. The van der Waals surface area contributed by atoms with Gasteiger partial charge in [0.1, 0.15) is 0 Å². The summed E-state index contributed by atoms with van der Waals surface area (Å²) in [4.78, 5) is 0. The van der Waals surface area contributed by atoms with Crippen LogP contribution in [0.1, 0.15) is 12.8 Å². The normalized spacial score (nSPS) is 60.5. The number of fused-ring (bicyclic) bond motifs is 1. The highest BCUT2D eigenvalue weighted by atomic mass is 14.5. The molecule has 3 rings (SSSR count). The van der Waals surface area contributed by atoms with Crippen LogP contribution in [0.2, 0.25) is 11.6 Å². The lowest BCUT2D eigenvalue weighted by Crippen LogP contribution is -2.30. The number of hydrogen-bond acceptors (Lipinski definition) is 0. The third kappa shape index (κ3) is 0.361. The Morgan fingerprint density at radius 2 is 1.25 bits per heavy atom. The lowest BCUT2D eigenvalue weighted by atomic mass is 9.48. The van der Waals surface area contributed by atoms with Gasteiger partial charge in [-0.1, -0.05) is 36.3 Å². The van der Waals surface area contributed by atoms with Gasteiger partial charge < -0.3 is 0 Å². The van der Waals surface area contributed by atoms with Crippen LogP contribution in [0.4, 0.5) is 0 Å². The van der Waals surface area contributed by atoms with E-state index in [0.29, 0.717) is 23.5 Å². The Hall–Kier alpha value is 0.130. The van der Waals surface area contributed by atoms with Crippen LogP contribution in [0.5, 0.6) is 0 Å². The van der Waals surface area contributed by atoms with Crippen molar-refractivity contribution in [1.82, 2.24) is 0 Å². The fourth-order valence-electron chi connectivity index (χ4n) is 2.16. The van der Waals surface area contributed by atoms with E-state index in [1.54, 1.807) is 0 Å². The van der Waals surface area contributed by atoms with Gasteiger partial charge in [0.05, 0.1) is 15.7 Å². The largest absolute Gasteiger partial charge is 0.0727 e. The van der Waals surface area contributed by atoms with Crippen LogP contribution in [0.3, 0.4) is 0 Å². The van der Waals surface area contributed by atoms with Crippen molar-refractivity contribution in [2.75, 3.05) is 0 Å². The van der Waals surface area contributed by atoms with E-state index in [9.17, 15) is 0 Å². The Bertz CT molecular complexity index is 91.1. The molecule has 0 N–H and O–H groups in total. The smallest absolute Gasteiger partial charge is 0.0706 e. The van der Waals surface area contributed by atoms with Gasteiger partial charge in [-0.15, -0.1) is 0 Å². The number of hydrogen-bond donors (Lipinski definition) is 0. The minimum absolute atomic E-state index is 0.463. The summed E-state index contributed by atoms with van der Waals surface area (Å²) in [5.74, 6) is 2.29. The standard InChI is InChI=1S/C6H8B2/c7-5-3-1-2-4(5)6(3)8/h3-6H,1-2H2. The van der Waals surface area contributed by atoms with E-state index in [0.717, 1.165) is 0 Å². The molecule has 0 aromatic carbocycles. The summed E-state index contributed by atoms with van der Waals surface area (Å²) in [7, 11) is 11.5. The molecule has 0 aromatic rings. The molecule has 0 spiro atoms. The maximum absolute atomic E-state index is 5.74. The first kappa shape index (κ1) is 4.96. The SMILES string of the molecule is [B]C1C2CCC1C2[B]. The Labute approximate surface area is 52.9 Å². The van der Waals surface area contributed by atoms with Crippen molar-refractivity contribution in [3.05, 3.63) is 0 Å². The molecule has 0 saturated heterocycles. The maximum Gasteiger partial charge on any atom is 0.0706 e. The molecule has 0 atom stereocenters. The first-order valence-electron chi connectivity index (χ1n) is 3.32. The van der Waals surface area contributed by atoms with Gasteiger partial charge in [-0.05, 0) is 0 Å². The van der Waals surface area contributed by atoms with Crippen LogP contribution < -0.4 is 0 Å². The van der Waals surface area contributed by atoms with Crippen molar-refractivity contribution in [2.45, 2.75) is 24.5 Å². The molecule has 2 bridgehead atoms. The van der Waals surface area contributed by atoms with E-state index in [1.807, 2.05) is 0 Å². The summed E-state index contributed by atoms with van der Waals surface area (Å²) >= 11 is 0. The molecular weight excluding hydrogens is 93.7 g/mol. The zero-order valence-electron chi connectivity index (χ0n) is 4.88. The topological polar surface area (TPSA) is 0 Å². The molecular formula is C6H8B2. The molecule has 0 aliphatic heterocycles. The van der Waals surface area contributed by atoms with E-state index in [4.69, 9.17) is 15.7 Å². The first-order valence-corrected chi connectivity index (χ1v) is 3.32. The highest BCUT2D eigenvalue weighted by Gasteiger charge is 2.48. The van der Waals surface area contributed by atoms with Crippen LogP contribution in [-0.4, -0.2) is 15.7 Å². The predicted octanol–water partition coefficient (Wildman–Crippen LogP) is 0.940. The third-order valence-corrected chi connectivity index (χ3v) is 2.81. The summed E-state index contributed by atoms with van der Waals surface area (Å²) in [6.45, 7) is 0. The molecule has 8 heavy (non-hydrogen) atoms. The van der Waals surface area contributed by atoms with Gasteiger partial charge in [0.25, 0.3) is 0 Å². The Morgan fingerprint density at radius 1 is 0.875 bits per heavy atom. The fourth-order valence-corrected chi connectivity index (χ4v) is 2.16. The Kier molecular flexibility index (Phi) is 0.832. The van der Waals surface area contributed by atoms with Crippen LogP contribution in [0, 0.1) is 11.8 Å². The van der Waals surface area contributed by atoms with Gasteiger partial charge in [0.15, 0.2) is 0 Å². The summed E-state index contributed by atoms with van der Waals surface area (Å²) in [5, 5.41) is 0. The van der Waals surface area contributed by atoms with E-state index in [-0.39, 0.29) is 0 Å². The van der Waals surface area contributed by atoms with E-state index >= 15 is 0 Å². The second kappa shape index (κ2) is 1.34. The van der Waals surface area contributed by atoms with E-state index in [1.165, 1.54) is 12.8 Å². The Balaban J connectivity index is 2.15. The van der Waals surface area contributed by atoms with Gasteiger partial charge >= 0.3 is 0 Å². The van der Waals surface area contributed by atoms with Crippen LogP contribution in [0.25, 0.3) is 0 Å². The molecule has 0 amide bonds. The molecule has 0 aromatic heterocycles. The molecule has 38 valence electrons. The summed E-state index contributed by atoms with van der Waals surface area (Å²) < 4.78 is 0. The van der Waals surface area contributed by atoms with Gasteiger partial charge in [-0.3, -0.25) is 0 Å². The van der Waals surface area contributed by atoms with E-state index < -0.39 is 0 Å². The average molecular weight is 102 g/mol. The van der Waals surface area contributed by atoms with Crippen molar-refractivity contribution in [1.29, 1.82) is 0 Å². The van der Waals surface area contributed by atoms with Crippen molar-refractivity contribution in [3.63, 3.8) is 0 Å². The average Bonchev–Trinajstić information content (AvgIpc) is 2.26. The van der Waals surface area contributed by atoms with Gasteiger partial charge in [0.2, 0.25) is 0 Å². The highest BCUT2D eigenvalue weighted by Crippen LogP contribution is 2.62. The molecule has 2 heteroatoms. The Morgan fingerprint density at radius 3 is 1.38 bits per heavy atom. The minimum Gasteiger partial charge on any atom is -0.0727 e. The van der Waals surface area contributed by atoms with Crippen LogP contribution >= 0.6 is 0 Å². The minimum atomic E-state index is 0.463. The zero-order valence-corrected chi connectivity index (χ0v) is 4.88. The predicted molar refractivity (Wildman–Crippen MR) is 35.2 cm³/mol. The zero-order chi connectivity index (χ0) is 5.72. The quantitative estimate of drug-likeness (QED) is 0.399. The van der Waals surface area contributed by atoms with Crippen molar-refractivity contribution in [3.8, 4) is 0 Å². The van der Waals surface area contributed by atoms with Crippen molar-refractivity contribution >= 4 is 15.7 Å². The monoisotopic (exact) mass is 102 g/mol. The fraction of sp³-hybridized carbons (Fsp3) is 1.00. The lowest BCUT2D eigenvalue weighted by Gasteiger charge is -2.41. The molecule has 0 heterocycles. The maximum atomic E-state index is 5.74. The second-order valence-electron chi connectivity index (χ2n) is 3.06.